The SMILES string of the molecule is CS(=O)(=O)c1c(N)nsc1N1CC(O)C(O)C1. The number of anilines is 2. The van der Waals surface area contributed by atoms with E-state index in [0.29, 0.717) is 5.00 Å². The van der Waals surface area contributed by atoms with Gasteiger partial charge < -0.3 is 20.8 Å². The van der Waals surface area contributed by atoms with Gasteiger partial charge in [-0.15, -0.1) is 0 Å². The molecule has 0 radical (unpaired) electrons. The molecule has 0 bridgehead atoms. The summed E-state index contributed by atoms with van der Waals surface area (Å²) < 4.78 is 27.0. The van der Waals surface area contributed by atoms with E-state index in [1.165, 1.54) is 0 Å². The van der Waals surface area contributed by atoms with E-state index < -0.39 is 22.0 Å². The smallest absolute Gasteiger partial charge is 0.182 e. The van der Waals surface area contributed by atoms with Gasteiger partial charge in [-0.05, 0) is 11.5 Å². The molecule has 0 aromatic carbocycles. The van der Waals surface area contributed by atoms with Gasteiger partial charge in [-0.25, -0.2) is 8.42 Å². The summed E-state index contributed by atoms with van der Waals surface area (Å²) in [4.78, 5) is 1.56. The minimum atomic E-state index is -3.48. The molecule has 1 saturated heterocycles. The molecule has 0 amide bonds. The summed E-state index contributed by atoms with van der Waals surface area (Å²) >= 11 is 0.954. The Balaban J connectivity index is 2.42. The molecule has 1 aromatic heterocycles. The molecule has 4 N–H and O–H groups in total. The third kappa shape index (κ3) is 2.23. The van der Waals surface area contributed by atoms with Crippen LogP contribution < -0.4 is 10.6 Å². The molecular formula is C8H13N3O4S2. The quantitative estimate of drug-likeness (QED) is 0.614. The van der Waals surface area contributed by atoms with E-state index in [2.05, 4.69) is 4.37 Å². The first-order chi connectivity index (χ1) is 7.80. The molecule has 2 unspecified atom stereocenters. The Bertz CT molecular complexity index is 517. The van der Waals surface area contributed by atoms with Crippen LogP contribution in [-0.2, 0) is 9.84 Å². The second-order valence-corrected chi connectivity index (χ2v) is 6.72. The number of β-amino-alcohol motifs (C(OH)–C–C–N with tert-alkyl or cyclic N) is 2. The Labute approximate surface area is 103 Å². The van der Waals surface area contributed by atoms with Gasteiger partial charge in [-0.2, -0.15) is 4.37 Å². The van der Waals surface area contributed by atoms with Crippen LogP contribution in [0.25, 0.3) is 0 Å². The van der Waals surface area contributed by atoms with Crippen molar-refractivity contribution in [1.82, 2.24) is 4.37 Å². The summed E-state index contributed by atoms with van der Waals surface area (Å²) in [6.07, 6.45) is -0.712. The van der Waals surface area contributed by atoms with E-state index in [9.17, 15) is 18.6 Å². The highest BCUT2D eigenvalue weighted by Gasteiger charge is 2.34. The van der Waals surface area contributed by atoms with Gasteiger partial charge in [-0.1, -0.05) is 0 Å². The van der Waals surface area contributed by atoms with E-state index in [0.717, 1.165) is 17.8 Å². The molecule has 2 heterocycles. The first-order valence-electron chi connectivity index (χ1n) is 4.87. The fourth-order valence-electron chi connectivity index (χ4n) is 1.77. The minimum absolute atomic E-state index is 0.0243. The Morgan fingerprint density at radius 1 is 1.41 bits per heavy atom. The lowest BCUT2D eigenvalue weighted by Gasteiger charge is -2.15. The van der Waals surface area contributed by atoms with Crippen molar-refractivity contribution >= 4 is 32.2 Å². The molecule has 0 aliphatic carbocycles. The van der Waals surface area contributed by atoms with Gasteiger partial charge in [0.05, 0.1) is 12.2 Å². The number of sulfone groups is 1. The third-order valence-corrected chi connectivity index (χ3v) is 4.77. The van der Waals surface area contributed by atoms with Crippen molar-refractivity contribution in [1.29, 1.82) is 0 Å². The molecule has 7 nitrogen and oxygen atoms in total. The monoisotopic (exact) mass is 279 g/mol. The van der Waals surface area contributed by atoms with E-state index in [4.69, 9.17) is 5.73 Å². The zero-order valence-corrected chi connectivity index (χ0v) is 10.7. The summed E-state index contributed by atoms with van der Waals surface area (Å²) in [5.74, 6) is -0.0385. The number of hydrogen-bond donors (Lipinski definition) is 3. The molecule has 2 atom stereocenters. The molecule has 17 heavy (non-hydrogen) atoms. The summed E-state index contributed by atoms with van der Waals surface area (Å²) in [5, 5.41) is 19.3. The van der Waals surface area contributed by atoms with E-state index in [1.807, 2.05) is 0 Å². The van der Waals surface area contributed by atoms with Crippen LogP contribution in [0, 0.1) is 0 Å². The van der Waals surface area contributed by atoms with Crippen molar-refractivity contribution < 1.29 is 18.6 Å². The standard InChI is InChI=1S/C8H13N3O4S2/c1-17(14,15)6-7(9)10-16-8(6)11-2-4(12)5(13)3-11/h4-5,12-13H,2-3H2,1H3,(H2,9,10). The summed E-state index contributed by atoms with van der Waals surface area (Å²) in [5.41, 5.74) is 5.53. The van der Waals surface area contributed by atoms with E-state index >= 15 is 0 Å². The van der Waals surface area contributed by atoms with Crippen LogP contribution in [0.15, 0.2) is 4.90 Å². The highest BCUT2D eigenvalue weighted by Crippen LogP contribution is 2.36. The van der Waals surface area contributed by atoms with Crippen LogP contribution >= 0.6 is 11.5 Å². The average molecular weight is 279 g/mol. The number of rotatable bonds is 2. The number of nitrogens with zero attached hydrogens (tertiary/aromatic N) is 2. The second kappa shape index (κ2) is 4.09. The summed E-state index contributed by atoms with van der Waals surface area (Å²) in [6, 6.07) is 0. The molecule has 1 aliphatic heterocycles. The molecule has 1 fully saturated rings. The Hall–Kier alpha value is -0.900. The molecule has 0 saturated carbocycles. The fraction of sp³-hybridized carbons (Fsp3) is 0.625. The van der Waals surface area contributed by atoms with Gasteiger partial charge in [0, 0.05) is 19.3 Å². The van der Waals surface area contributed by atoms with E-state index in [1.54, 1.807) is 4.90 Å². The van der Waals surface area contributed by atoms with Gasteiger partial charge >= 0.3 is 0 Å². The van der Waals surface area contributed by atoms with Gasteiger partial charge in [0.1, 0.15) is 9.90 Å². The fourth-order valence-corrected chi connectivity index (χ4v) is 3.99. The van der Waals surface area contributed by atoms with Crippen LogP contribution in [0.2, 0.25) is 0 Å². The number of aliphatic hydroxyl groups is 2. The second-order valence-electron chi connectivity index (χ2n) is 4.01. The predicted molar refractivity (Wildman–Crippen MR) is 63.9 cm³/mol. The molecule has 2 rings (SSSR count). The lowest BCUT2D eigenvalue weighted by atomic mass is 10.3. The third-order valence-electron chi connectivity index (χ3n) is 2.57. The maximum Gasteiger partial charge on any atom is 0.182 e. The largest absolute Gasteiger partial charge is 0.389 e. The zero-order valence-electron chi connectivity index (χ0n) is 9.07. The van der Waals surface area contributed by atoms with Gasteiger partial charge in [0.15, 0.2) is 15.7 Å². The Kier molecular flexibility index (Phi) is 3.02. The number of nitrogens with two attached hydrogens (primary N) is 1. The lowest BCUT2D eigenvalue weighted by molar-refractivity contribution is 0.0572. The van der Waals surface area contributed by atoms with Crippen molar-refractivity contribution in [3.05, 3.63) is 0 Å². The van der Waals surface area contributed by atoms with Crippen molar-refractivity contribution in [3.8, 4) is 0 Å². The van der Waals surface area contributed by atoms with Crippen molar-refractivity contribution in [3.63, 3.8) is 0 Å². The lowest BCUT2D eigenvalue weighted by Crippen LogP contribution is -2.22. The molecular weight excluding hydrogens is 266 g/mol. The number of hydrogen-bond acceptors (Lipinski definition) is 8. The van der Waals surface area contributed by atoms with Crippen LogP contribution in [0.1, 0.15) is 0 Å². The molecule has 1 aliphatic rings. The summed E-state index contributed by atoms with van der Waals surface area (Å²) in [7, 11) is -3.48. The molecule has 1 aromatic rings. The van der Waals surface area contributed by atoms with Crippen LogP contribution in [0.3, 0.4) is 0 Å². The number of aliphatic hydroxyl groups excluding tert-OH is 2. The molecule has 9 heteroatoms. The van der Waals surface area contributed by atoms with Gasteiger partial charge in [0.2, 0.25) is 0 Å². The number of aromatic nitrogens is 1. The topological polar surface area (TPSA) is 117 Å². The van der Waals surface area contributed by atoms with Gasteiger partial charge in [-0.3, -0.25) is 0 Å². The molecule has 0 spiro atoms. The van der Waals surface area contributed by atoms with E-state index in [-0.39, 0.29) is 23.8 Å². The summed E-state index contributed by atoms with van der Waals surface area (Å²) in [6.45, 7) is 0.344. The van der Waals surface area contributed by atoms with Crippen LogP contribution in [-0.4, -0.2) is 54.6 Å². The minimum Gasteiger partial charge on any atom is -0.389 e. The maximum absolute atomic E-state index is 11.6. The van der Waals surface area contributed by atoms with Crippen LogP contribution in [0.4, 0.5) is 10.8 Å². The van der Waals surface area contributed by atoms with Gasteiger partial charge in [0.25, 0.3) is 0 Å². The maximum atomic E-state index is 11.6. The Morgan fingerprint density at radius 3 is 2.41 bits per heavy atom. The number of nitrogen functional groups attached to an aromatic ring is 1. The van der Waals surface area contributed by atoms with Crippen molar-refractivity contribution in [2.75, 3.05) is 30.0 Å². The first-order valence-corrected chi connectivity index (χ1v) is 7.53. The van der Waals surface area contributed by atoms with Crippen molar-refractivity contribution in [2.24, 2.45) is 0 Å². The highest BCUT2D eigenvalue weighted by molar-refractivity contribution is 7.91. The zero-order chi connectivity index (χ0) is 12.8. The average Bonchev–Trinajstić information content (AvgIpc) is 2.70. The van der Waals surface area contributed by atoms with Crippen molar-refractivity contribution in [2.45, 2.75) is 17.1 Å². The predicted octanol–water partition coefficient (Wildman–Crippen LogP) is -1.33. The normalized spacial score (nSPS) is 25.5. The first kappa shape index (κ1) is 12.6. The highest BCUT2D eigenvalue weighted by atomic mass is 32.2. The molecule has 96 valence electrons. The van der Waals surface area contributed by atoms with Crippen LogP contribution in [0.5, 0.6) is 0 Å². The Morgan fingerprint density at radius 2 is 1.94 bits per heavy atom.